The van der Waals surface area contributed by atoms with Crippen LogP contribution in [0.1, 0.15) is 0 Å². The van der Waals surface area contributed by atoms with Gasteiger partial charge in [0.05, 0.1) is 11.3 Å². The van der Waals surface area contributed by atoms with Crippen LogP contribution in [0.5, 0.6) is 0 Å². The smallest absolute Gasteiger partial charge is 0.218 e. The number of hydrogen-bond donors (Lipinski definition) is 2. The average Bonchev–Trinajstić information content (AvgIpc) is 2.53. The molecule has 0 saturated heterocycles. The van der Waals surface area contributed by atoms with Gasteiger partial charge in [0.15, 0.2) is 0 Å². The molecule has 1 aromatic rings. The number of hydrogen-bond acceptors (Lipinski definition) is 4. The molecule has 0 unspecified atom stereocenters. The molecule has 1 rings (SSSR count). The van der Waals surface area contributed by atoms with Gasteiger partial charge in [0.2, 0.25) is 10.0 Å². The highest BCUT2D eigenvalue weighted by molar-refractivity contribution is 7.92. The summed E-state index contributed by atoms with van der Waals surface area (Å²) in [5, 5.41) is 0. The van der Waals surface area contributed by atoms with Gasteiger partial charge in [-0.3, -0.25) is 0 Å². The fourth-order valence-corrected chi connectivity index (χ4v) is 2.33. The van der Waals surface area contributed by atoms with Gasteiger partial charge in [0.1, 0.15) is 5.75 Å². The Morgan fingerprint density at radius 3 is 2.87 bits per heavy atom. The van der Waals surface area contributed by atoms with Gasteiger partial charge in [0, 0.05) is 25.5 Å². The average molecular weight is 248 g/mol. The summed E-state index contributed by atoms with van der Waals surface area (Å²) in [7, 11) is -3.38. The van der Waals surface area contributed by atoms with Gasteiger partial charge in [-0.1, -0.05) is 12.2 Å². The van der Waals surface area contributed by atoms with Crippen molar-refractivity contribution in [1.29, 1.82) is 0 Å². The van der Waals surface area contributed by atoms with Gasteiger partial charge >= 0.3 is 0 Å². The van der Waals surface area contributed by atoms with Crippen LogP contribution in [0.3, 0.4) is 0 Å². The summed E-state index contributed by atoms with van der Waals surface area (Å²) < 4.78 is 26.7. The molecule has 0 fully saturated rings. The molecule has 0 saturated carbocycles. The first-order valence-corrected chi connectivity index (χ1v) is 6.27. The van der Waals surface area contributed by atoms with E-state index in [1.807, 2.05) is 0 Å². The van der Waals surface area contributed by atoms with Crippen molar-refractivity contribution < 1.29 is 8.42 Å². The summed E-state index contributed by atoms with van der Waals surface area (Å²) >= 11 is 4.52. The second-order valence-corrected chi connectivity index (χ2v) is 5.25. The Hall–Kier alpha value is -0.990. The molecule has 0 radical (unpaired) electrons. The molecule has 0 aromatic carbocycles. The topological polar surface area (TPSA) is 90.0 Å². The largest absolute Gasteiger partial charge is 0.392 e. The maximum absolute atomic E-state index is 11.3. The third-order valence-electron chi connectivity index (χ3n) is 1.58. The van der Waals surface area contributed by atoms with E-state index < -0.39 is 10.0 Å². The van der Waals surface area contributed by atoms with E-state index in [1.165, 1.54) is 0 Å². The lowest BCUT2D eigenvalue weighted by Gasteiger charge is -2.05. The highest BCUT2D eigenvalue weighted by atomic mass is 32.2. The second-order valence-electron chi connectivity index (χ2n) is 2.92. The van der Waals surface area contributed by atoms with Gasteiger partial charge < -0.3 is 10.3 Å². The molecule has 0 bridgehead atoms. The number of thiocarbonyl (C=S) groups is 1. The number of rotatable bonds is 6. The molecule has 6 nitrogen and oxygen atoms in total. The number of nitrogens with one attached hydrogen (secondary N) is 1. The Morgan fingerprint density at radius 2 is 2.33 bits per heavy atom. The van der Waals surface area contributed by atoms with Crippen molar-refractivity contribution in [3.63, 3.8) is 0 Å². The molecule has 0 amide bonds. The van der Waals surface area contributed by atoms with Crippen LogP contribution in [-0.2, 0) is 16.6 Å². The molecule has 8 heteroatoms. The van der Waals surface area contributed by atoms with E-state index in [2.05, 4.69) is 21.9 Å². The highest BCUT2D eigenvalue weighted by Gasteiger charge is 2.10. The number of aromatic nitrogens is 2. The molecule has 0 atom stereocenters. The van der Waals surface area contributed by atoms with Crippen LogP contribution in [0.25, 0.3) is 0 Å². The Bertz CT molecular complexity index is 412. The lowest BCUT2D eigenvalue weighted by atomic mass is 10.6. The monoisotopic (exact) mass is 248 g/mol. The second kappa shape index (κ2) is 5.19. The molecule has 15 heavy (non-hydrogen) atoms. The minimum absolute atomic E-state index is 0.0369. The first kappa shape index (κ1) is 12.1. The molecule has 1 aromatic heterocycles. The minimum atomic E-state index is -3.38. The van der Waals surface area contributed by atoms with Crippen LogP contribution in [0.2, 0.25) is 0 Å². The first-order valence-electron chi connectivity index (χ1n) is 4.21. The third-order valence-corrected chi connectivity index (χ3v) is 3.25. The van der Waals surface area contributed by atoms with Gasteiger partial charge in [-0.05, 0) is 0 Å². The van der Waals surface area contributed by atoms with E-state index in [0.29, 0.717) is 13.1 Å². The quantitative estimate of drug-likeness (QED) is 0.636. The standard InChI is InChI=1S/C7H12N4O2S2/c8-7(14)5-15(12,13)10-2-4-11-3-1-9-6-11/h1,3,6,10H,2,4-5H2,(H2,8,14). The van der Waals surface area contributed by atoms with E-state index in [1.54, 1.807) is 23.3 Å². The molecular weight excluding hydrogens is 236 g/mol. The SMILES string of the molecule is NC(=S)CS(=O)(=O)NCCn1ccnc1. The van der Waals surface area contributed by atoms with E-state index >= 15 is 0 Å². The molecule has 84 valence electrons. The van der Waals surface area contributed by atoms with Crippen molar-refractivity contribution in [3.05, 3.63) is 18.7 Å². The fourth-order valence-electron chi connectivity index (χ4n) is 0.988. The first-order chi connectivity index (χ1) is 6.99. The van der Waals surface area contributed by atoms with Crippen molar-refractivity contribution in [2.75, 3.05) is 12.3 Å². The predicted octanol–water partition coefficient (Wildman–Crippen LogP) is -0.911. The molecule has 0 aliphatic carbocycles. The maximum Gasteiger partial charge on any atom is 0.218 e. The highest BCUT2D eigenvalue weighted by Crippen LogP contribution is 1.87. The number of imidazole rings is 1. The van der Waals surface area contributed by atoms with E-state index in [4.69, 9.17) is 5.73 Å². The molecular formula is C7H12N4O2S2. The summed E-state index contributed by atoms with van der Waals surface area (Å²) in [6.07, 6.45) is 4.99. The summed E-state index contributed by atoms with van der Waals surface area (Å²) in [6.45, 7) is 0.817. The zero-order chi connectivity index (χ0) is 11.3. The van der Waals surface area contributed by atoms with Crippen molar-refractivity contribution in [2.45, 2.75) is 6.54 Å². The minimum Gasteiger partial charge on any atom is -0.392 e. The molecule has 0 spiro atoms. The Kier molecular flexibility index (Phi) is 4.18. The van der Waals surface area contributed by atoms with Crippen LogP contribution >= 0.6 is 12.2 Å². The third kappa shape index (κ3) is 4.86. The van der Waals surface area contributed by atoms with Crippen LogP contribution in [0.4, 0.5) is 0 Å². The Labute approximate surface area is 93.5 Å². The number of sulfonamides is 1. The lowest BCUT2D eigenvalue weighted by molar-refractivity contribution is 0.576. The van der Waals surface area contributed by atoms with Gasteiger partial charge in [-0.2, -0.15) is 0 Å². The summed E-state index contributed by atoms with van der Waals surface area (Å²) in [6, 6.07) is 0. The van der Waals surface area contributed by atoms with Gasteiger partial charge in [-0.25, -0.2) is 18.1 Å². The van der Waals surface area contributed by atoms with Crippen molar-refractivity contribution >= 4 is 27.2 Å². The van der Waals surface area contributed by atoms with Gasteiger partial charge in [0.25, 0.3) is 0 Å². The van der Waals surface area contributed by atoms with Crippen LogP contribution < -0.4 is 10.5 Å². The Morgan fingerprint density at radius 1 is 1.60 bits per heavy atom. The zero-order valence-electron chi connectivity index (χ0n) is 7.96. The van der Waals surface area contributed by atoms with Crippen molar-refractivity contribution in [2.24, 2.45) is 5.73 Å². The van der Waals surface area contributed by atoms with Crippen LogP contribution in [0, 0.1) is 0 Å². The predicted molar refractivity (Wildman–Crippen MR) is 60.8 cm³/mol. The molecule has 1 heterocycles. The molecule has 3 N–H and O–H groups in total. The summed E-state index contributed by atoms with van der Waals surface area (Å²) in [4.78, 5) is 3.79. The normalized spacial score (nSPS) is 11.5. The van der Waals surface area contributed by atoms with E-state index in [0.717, 1.165) is 0 Å². The maximum atomic E-state index is 11.3. The van der Waals surface area contributed by atoms with E-state index in [-0.39, 0.29) is 10.7 Å². The van der Waals surface area contributed by atoms with Gasteiger partial charge in [-0.15, -0.1) is 0 Å². The Balaban J connectivity index is 2.34. The number of nitrogens with zero attached hydrogens (tertiary/aromatic N) is 2. The van der Waals surface area contributed by atoms with Crippen LogP contribution in [0.15, 0.2) is 18.7 Å². The molecule has 0 aliphatic rings. The molecule has 0 aliphatic heterocycles. The van der Waals surface area contributed by atoms with E-state index in [9.17, 15) is 8.42 Å². The van der Waals surface area contributed by atoms with Crippen LogP contribution in [-0.4, -0.2) is 35.3 Å². The number of nitrogens with two attached hydrogens (primary N) is 1. The zero-order valence-corrected chi connectivity index (χ0v) is 9.59. The fraction of sp³-hybridized carbons (Fsp3) is 0.429. The van der Waals surface area contributed by atoms with Crippen molar-refractivity contribution in [1.82, 2.24) is 14.3 Å². The summed E-state index contributed by atoms with van der Waals surface area (Å²) in [5.74, 6) is -0.313. The van der Waals surface area contributed by atoms with Crippen molar-refractivity contribution in [3.8, 4) is 0 Å². The summed E-state index contributed by atoms with van der Waals surface area (Å²) in [5.41, 5.74) is 5.14. The lowest BCUT2D eigenvalue weighted by Crippen LogP contribution is -2.34.